The Kier molecular flexibility index (Phi) is 12.2. The second kappa shape index (κ2) is 20.6. The minimum Gasteiger partial charge on any atom is -0.456 e. The molecule has 0 saturated heterocycles. The van der Waals surface area contributed by atoms with Gasteiger partial charge in [0.05, 0.1) is 0 Å². The summed E-state index contributed by atoms with van der Waals surface area (Å²) in [6.07, 6.45) is 0. The van der Waals surface area contributed by atoms with Gasteiger partial charge in [0, 0.05) is 88.5 Å². The number of fused-ring (bicyclic) bond motifs is 19. The first-order valence-corrected chi connectivity index (χ1v) is 32.8. The molecular weight excluding hydrogens is 1160 g/mol. The average Bonchev–Trinajstić information content (AvgIpc) is 1.02. The first-order chi connectivity index (χ1) is 46.1. The van der Waals surface area contributed by atoms with Gasteiger partial charge in [-0.2, -0.15) is 0 Å². The SMILES string of the molecule is CC1(C)c2cc(-c3nc(-c4ccccc4)nc(-c4cccc5oc6ccccc6c45)n3)ccc2-c2c(ccc3c2oc2ccccc23)C1(C)C.CC1(C)c2cc(N(c3ccccc3)c3ccc4c(c3)oc3ccccc34)ccc2-c2cc3oc4ccccc4c3cc2C1(C)C. The molecule has 95 heavy (non-hydrogen) atoms. The van der Waals surface area contributed by atoms with Crippen LogP contribution < -0.4 is 4.90 Å². The van der Waals surface area contributed by atoms with Crippen LogP contribution in [0.2, 0.25) is 0 Å². The van der Waals surface area contributed by atoms with Gasteiger partial charge in [0.2, 0.25) is 0 Å². The van der Waals surface area contributed by atoms with Crippen LogP contribution in [-0.2, 0) is 21.7 Å². The molecule has 19 rings (SSSR count). The molecule has 0 unspecified atom stereocenters. The summed E-state index contributed by atoms with van der Waals surface area (Å²) in [6, 6.07) is 89.3. The number of aromatic nitrogens is 3. The molecule has 17 aromatic rings. The van der Waals surface area contributed by atoms with Crippen LogP contribution in [0.25, 0.3) is 144 Å². The fourth-order valence-corrected chi connectivity index (χ4v) is 15.5. The predicted molar refractivity (Wildman–Crippen MR) is 389 cm³/mol. The molecule has 12 aromatic carbocycles. The molecule has 8 nitrogen and oxygen atoms in total. The maximum Gasteiger partial charge on any atom is 0.164 e. The predicted octanol–water partition coefficient (Wildman–Crippen LogP) is 24.1. The molecule has 0 aliphatic heterocycles. The molecule has 0 amide bonds. The number of rotatable bonds is 6. The van der Waals surface area contributed by atoms with Crippen molar-refractivity contribution in [3.63, 3.8) is 0 Å². The highest BCUT2D eigenvalue weighted by Crippen LogP contribution is 2.59. The highest BCUT2D eigenvalue weighted by atomic mass is 16.3. The summed E-state index contributed by atoms with van der Waals surface area (Å²) >= 11 is 0. The van der Waals surface area contributed by atoms with E-state index in [4.69, 9.17) is 32.6 Å². The van der Waals surface area contributed by atoms with Gasteiger partial charge in [-0.05, 0) is 146 Å². The first-order valence-electron chi connectivity index (χ1n) is 32.8. The number of hydrogen-bond acceptors (Lipinski definition) is 8. The van der Waals surface area contributed by atoms with E-state index in [1.54, 1.807) is 0 Å². The van der Waals surface area contributed by atoms with E-state index in [0.29, 0.717) is 17.5 Å². The lowest BCUT2D eigenvalue weighted by molar-refractivity contribution is 0.299. The molecule has 5 aromatic heterocycles. The van der Waals surface area contributed by atoms with Gasteiger partial charge in [0.15, 0.2) is 17.5 Å². The van der Waals surface area contributed by atoms with E-state index in [0.717, 1.165) is 111 Å². The van der Waals surface area contributed by atoms with E-state index < -0.39 is 0 Å². The summed E-state index contributed by atoms with van der Waals surface area (Å²) in [4.78, 5) is 17.8. The zero-order valence-electron chi connectivity index (χ0n) is 54.2. The minimum absolute atomic E-state index is 0.134. The number of nitrogens with zero attached hydrogens (tertiary/aromatic N) is 4. The van der Waals surface area contributed by atoms with Crippen molar-refractivity contribution in [1.82, 2.24) is 15.0 Å². The third-order valence-electron chi connectivity index (χ3n) is 21.9. The van der Waals surface area contributed by atoms with Crippen molar-refractivity contribution in [2.75, 3.05) is 4.90 Å². The lowest BCUT2D eigenvalue weighted by Crippen LogP contribution is -2.43. The Bertz CT molecular complexity index is 6000. The summed E-state index contributed by atoms with van der Waals surface area (Å²) in [5.41, 5.74) is 22.6. The van der Waals surface area contributed by atoms with Crippen LogP contribution >= 0.6 is 0 Å². The van der Waals surface area contributed by atoms with Crippen LogP contribution in [0.1, 0.15) is 77.6 Å². The van der Waals surface area contributed by atoms with Gasteiger partial charge >= 0.3 is 0 Å². The standard InChI is InChI=1S/C45H33N3O2.C42H33NO2/c1-44(2)33-24-23-29-28-15-8-10-18-35(28)50-40(29)39(33)30-22-21-27(25-34(30)45(44,3)4)42-46-41(26-13-6-5-7-14-26)47-43(48-42)32-17-12-20-37-38(32)31-16-9-11-19-36(31)49-37;1-41(2)35-22-27(18-20-29(35)33-25-40-34(24-36(33)42(41,3)4)31-15-9-11-17-38(31)45-40)43(26-12-6-5-7-13-26)28-19-21-32-30-14-8-10-16-37(30)44-39(32)23-28/h5-25H,1-4H3;5-25H,1-4H3. The summed E-state index contributed by atoms with van der Waals surface area (Å²) in [6.45, 7) is 19.0. The van der Waals surface area contributed by atoms with E-state index in [2.05, 4.69) is 230 Å². The molecule has 0 radical (unpaired) electrons. The van der Waals surface area contributed by atoms with Crippen molar-refractivity contribution < 1.29 is 17.7 Å². The number of hydrogen-bond donors (Lipinski definition) is 0. The second-order valence-corrected chi connectivity index (χ2v) is 27.8. The number of benzene rings is 12. The monoisotopic (exact) mass is 1230 g/mol. The van der Waals surface area contributed by atoms with E-state index in [9.17, 15) is 0 Å². The Hall–Kier alpha value is -11.4. The van der Waals surface area contributed by atoms with Crippen LogP contribution in [0, 0.1) is 0 Å². The van der Waals surface area contributed by atoms with Crippen LogP contribution in [0.4, 0.5) is 17.1 Å². The number of para-hydroxylation sites is 5. The molecule has 0 bridgehead atoms. The molecule has 458 valence electrons. The maximum absolute atomic E-state index is 6.63. The smallest absolute Gasteiger partial charge is 0.164 e. The Balaban J connectivity index is 0.000000140. The molecule has 0 fully saturated rings. The Morgan fingerprint density at radius 2 is 0.737 bits per heavy atom. The quantitative estimate of drug-likeness (QED) is 0.163. The number of furan rings is 4. The molecule has 2 aliphatic rings. The maximum atomic E-state index is 6.63. The largest absolute Gasteiger partial charge is 0.456 e. The van der Waals surface area contributed by atoms with E-state index in [1.165, 1.54) is 55.3 Å². The van der Waals surface area contributed by atoms with Crippen LogP contribution in [0.3, 0.4) is 0 Å². The Labute approximate surface area is 549 Å². The van der Waals surface area contributed by atoms with Crippen molar-refractivity contribution in [3.05, 3.63) is 277 Å². The summed E-state index contributed by atoms with van der Waals surface area (Å²) in [5.74, 6) is 1.86. The van der Waals surface area contributed by atoms with Crippen molar-refractivity contribution in [2.24, 2.45) is 0 Å². The molecule has 0 saturated carbocycles. The van der Waals surface area contributed by atoms with Gasteiger partial charge in [-0.15, -0.1) is 0 Å². The topological polar surface area (TPSA) is 94.5 Å². The van der Waals surface area contributed by atoms with Crippen LogP contribution in [-0.4, -0.2) is 15.0 Å². The zero-order valence-corrected chi connectivity index (χ0v) is 54.2. The fourth-order valence-electron chi connectivity index (χ4n) is 15.5. The fraction of sp³-hybridized carbons (Fsp3) is 0.138. The molecule has 0 atom stereocenters. The third-order valence-corrected chi connectivity index (χ3v) is 21.9. The van der Waals surface area contributed by atoms with Crippen molar-refractivity contribution in [2.45, 2.75) is 77.0 Å². The molecule has 8 heteroatoms. The molecule has 0 N–H and O–H groups in total. The van der Waals surface area contributed by atoms with Crippen molar-refractivity contribution in [3.8, 4) is 56.4 Å². The first kappa shape index (κ1) is 56.4. The lowest BCUT2D eigenvalue weighted by atomic mass is 9.55. The third kappa shape index (κ3) is 8.42. The minimum atomic E-state index is -0.218. The van der Waals surface area contributed by atoms with Gasteiger partial charge in [0.1, 0.15) is 44.7 Å². The van der Waals surface area contributed by atoms with Crippen molar-refractivity contribution >= 4 is 105 Å². The summed E-state index contributed by atoms with van der Waals surface area (Å²) in [7, 11) is 0. The normalized spacial score (nSPS) is 14.9. The Morgan fingerprint density at radius 3 is 1.43 bits per heavy atom. The van der Waals surface area contributed by atoms with Gasteiger partial charge < -0.3 is 22.6 Å². The summed E-state index contributed by atoms with van der Waals surface area (Å²) in [5, 5.41) is 8.94. The van der Waals surface area contributed by atoms with Gasteiger partial charge in [-0.25, -0.2) is 15.0 Å². The van der Waals surface area contributed by atoms with Crippen molar-refractivity contribution in [1.29, 1.82) is 0 Å². The average molecular weight is 1230 g/mol. The Morgan fingerprint density at radius 1 is 0.263 bits per heavy atom. The van der Waals surface area contributed by atoms with Gasteiger partial charge in [-0.3, -0.25) is 0 Å². The van der Waals surface area contributed by atoms with E-state index in [-0.39, 0.29) is 21.7 Å². The van der Waals surface area contributed by atoms with E-state index in [1.807, 2.05) is 84.9 Å². The van der Waals surface area contributed by atoms with Gasteiger partial charge in [0.25, 0.3) is 0 Å². The van der Waals surface area contributed by atoms with E-state index >= 15 is 0 Å². The second-order valence-electron chi connectivity index (χ2n) is 27.8. The highest BCUT2D eigenvalue weighted by molar-refractivity contribution is 6.13. The summed E-state index contributed by atoms with van der Waals surface area (Å²) < 4.78 is 25.6. The molecule has 2 aliphatic carbocycles. The highest BCUT2D eigenvalue weighted by Gasteiger charge is 2.48. The number of anilines is 3. The van der Waals surface area contributed by atoms with Crippen LogP contribution in [0.5, 0.6) is 0 Å². The van der Waals surface area contributed by atoms with Crippen LogP contribution in [0.15, 0.2) is 272 Å². The zero-order chi connectivity index (χ0) is 64.3. The molecular formula is C87H66N4O4. The molecule has 5 heterocycles. The molecule has 0 spiro atoms. The lowest BCUT2D eigenvalue weighted by Gasteiger charge is -2.48. The van der Waals surface area contributed by atoms with Gasteiger partial charge in [-0.1, -0.05) is 219 Å².